The van der Waals surface area contributed by atoms with E-state index in [1.165, 1.54) is 5.56 Å². The second-order valence-corrected chi connectivity index (χ2v) is 4.27. The zero-order chi connectivity index (χ0) is 12.7. The highest BCUT2D eigenvalue weighted by Gasteiger charge is 2.09. The summed E-state index contributed by atoms with van der Waals surface area (Å²) in [6.45, 7) is 2.19. The van der Waals surface area contributed by atoms with E-state index in [1.807, 2.05) is 6.07 Å². The van der Waals surface area contributed by atoms with Crippen LogP contribution in [-0.2, 0) is 12.8 Å². The van der Waals surface area contributed by atoms with Gasteiger partial charge in [-0.3, -0.25) is 0 Å². The molecule has 1 aromatic carbocycles. The van der Waals surface area contributed by atoms with E-state index in [1.54, 1.807) is 7.11 Å². The molecule has 0 saturated heterocycles. The summed E-state index contributed by atoms with van der Waals surface area (Å²) in [4.78, 5) is 0. The number of hydrogen-bond donors (Lipinski definition) is 2. The van der Waals surface area contributed by atoms with Crippen molar-refractivity contribution in [3.63, 3.8) is 0 Å². The number of methoxy groups -OCH3 is 1. The second-order valence-electron chi connectivity index (χ2n) is 4.27. The van der Waals surface area contributed by atoms with Gasteiger partial charge in [-0.25, -0.2) is 0 Å². The fourth-order valence-electron chi connectivity index (χ4n) is 1.85. The Morgan fingerprint density at radius 1 is 1.24 bits per heavy atom. The molecule has 0 bridgehead atoms. The van der Waals surface area contributed by atoms with Crippen molar-refractivity contribution < 1.29 is 14.9 Å². The third kappa shape index (κ3) is 4.02. The second kappa shape index (κ2) is 7.30. The lowest BCUT2D eigenvalue weighted by atomic mass is 9.98. The van der Waals surface area contributed by atoms with Crippen LogP contribution in [0.2, 0.25) is 0 Å². The summed E-state index contributed by atoms with van der Waals surface area (Å²) in [6.07, 6.45) is 2.60. The molecule has 0 aliphatic heterocycles. The van der Waals surface area contributed by atoms with Crippen LogP contribution in [0.4, 0.5) is 0 Å². The molecule has 3 heteroatoms. The van der Waals surface area contributed by atoms with Gasteiger partial charge in [0.2, 0.25) is 0 Å². The van der Waals surface area contributed by atoms with Crippen LogP contribution in [0.25, 0.3) is 0 Å². The molecule has 3 nitrogen and oxygen atoms in total. The smallest absolute Gasteiger partial charge is 0.122 e. The van der Waals surface area contributed by atoms with Gasteiger partial charge in [0, 0.05) is 19.1 Å². The van der Waals surface area contributed by atoms with E-state index in [2.05, 4.69) is 19.1 Å². The van der Waals surface area contributed by atoms with Gasteiger partial charge in [0.1, 0.15) is 5.75 Å². The third-order valence-electron chi connectivity index (χ3n) is 3.09. The molecule has 0 atom stereocenters. The maximum atomic E-state index is 9.04. The Hall–Kier alpha value is -1.06. The van der Waals surface area contributed by atoms with E-state index < -0.39 is 0 Å². The highest BCUT2D eigenvalue weighted by molar-refractivity contribution is 5.37. The van der Waals surface area contributed by atoms with E-state index in [4.69, 9.17) is 14.9 Å². The first-order valence-electron chi connectivity index (χ1n) is 6.12. The molecule has 0 unspecified atom stereocenters. The molecule has 0 aromatic heterocycles. The van der Waals surface area contributed by atoms with Crippen molar-refractivity contribution in [2.24, 2.45) is 5.92 Å². The van der Waals surface area contributed by atoms with Crippen LogP contribution in [0.1, 0.15) is 24.5 Å². The maximum Gasteiger partial charge on any atom is 0.122 e. The minimum atomic E-state index is -0.0370. The topological polar surface area (TPSA) is 49.7 Å². The van der Waals surface area contributed by atoms with Gasteiger partial charge in [-0.05, 0) is 36.5 Å². The predicted octanol–water partition coefficient (Wildman–Crippen LogP) is 1.79. The summed E-state index contributed by atoms with van der Waals surface area (Å²) in [5.74, 6) is 0.849. The average Bonchev–Trinajstić information content (AvgIpc) is 2.39. The molecule has 1 rings (SSSR count). The lowest BCUT2D eigenvalue weighted by molar-refractivity contribution is 0.144. The summed E-state index contributed by atoms with van der Waals surface area (Å²) in [5.41, 5.74) is 2.43. The van der Waals surface area contributed by atoms with Crippen molar-refractivity contribution >= 4 is 0 Å². The number of aliphatic hydroxyl groups is 2. The fraction of sp³-hybridized carbons (Fsp3) is 0.571. The van der Waals surface area contributed by atoms with E-state index in [-0.39, 0.29) is 19.1 Å². The lowest BCUT2D eigenvalue weighted by Crippen LogP contribution is -2.12. The van der Waals surface area contributed by atoms with Gasteiger partial charge in [0.05, 0.1) is 7.11 Å². The predicted molar refractivity (Wildman–Crippen MR) is 68.4 cm³/mol. The largest absolute Gasteiger partial charge is 0.496 e. The van der Waals surface area contributed by atoms with Crippen LogP contribution in [0.15, 0.2) is 18.2 Å². The Morgan fingerprint density at radius 3 is 2.47 bits per heavy atom. The zero-order valence-corrected chi connectivity index (χ0v) is 10.6. The number of hydrogen-bond acceptors (Lipinski definition) is 3. The van der Waals surface area contributed by atoms with E-state index in [0.717, 1.165) is 30.6 Å². The summed E-state index contributed by atoms with van der Waals surface area (Å²) in [5, 5.41) is 18.1. The van der Waals surface area contributed by atoms with Crippen LogP contribution in [0, 0.1) is 5.92 Å². The van der Waals surface area contributed by atoms with E-state index >= 15 is 0 Å². The van der Waals surface area contributed by atoms with E-state index in [0.29, 0.717) is 0 Å². The van der Waals surface area contributed by atoms with Crippen molar-refractivity contribution in [3.8, 4) is 5.75 Å². The first kappa shape index (κ1) is 14.0. The molecule has 2 N–H and O–H groups in total. The Bertz CT molecular complexity index is 332. The summed E-state index contributed by atoms with van der Waals surface area (Å²) >= 11 is 0. The van der Waals surface area contributed by atoms with Gasteiger partial charge in [0.25, 0.3) is 0 Å². The standard InChI is InChI=1S/C14H22O3/c1-3-11-5-7-14(17-2)13(8-11)6-4-12(9-15)10-16/h5,7-8,12,15-16H,3-4,6,9-10H2,1-2H3. The lowest BCUT2D eigenvalue weighted by Gasteiger charge is -2.13. The SMILES string of the molecule is CCc1ccc(OC)c(CCC(CO)CO)c1. The van der Waals surface area contributed by atoms with Gasteiger partial charge in [-0.2, -0.15) is 0 Å². The van der Waals surface area contributed by atoms with Crippen LogP contribution >= 0.6 is 0 Å². The number of rotatable bonds is 7. The molecule has 0 aliphatic carbocycles. The fourth-order valence-corrected chi connectivity index (χ4v) is 1.85. The van der Waals surface area contributed by atoms with Crippen LogP contribution in [0.5, 0.6) is 5.75 Å². The van der Waals surface area contributed by atoms with Gasteiger partial charge in [0.15, 0.2) is 0 Å². The normalized spacial score (nSPS) is 10.9. The maximum absolute atomic E-state index is 9.04. The van der Waals surface area contributed by atoms with Gasteiger partial charge in [-0.15, -0.1) is 0 Å². The molecule has 17 heavy (non-hydrogen) atoms. The highest BCUT2D eigenvalue weighted by atomic mass is 16.5. The zero-order valence-electron chi connectivity index (χ0n) is 10.6. The third-order valence-corrected chi connectivity index (χ3v) is 3.09. The minimum absolute atomic E-state index is 0.0340. The molecule has 1 aromatic rings. The monoisotopic (exact) mass is 238 g/mol. The number of aliphatic hydroxyl groups excluding tert-OH is 2. The Balaban J connectivity index is 2.73. The van der Waals surface area contributed by atoms with Crippen molar-refractivity contribution in [1.82, 2.24) is 0 Å². The Labute approximate surface area is 103 Å². The molecule has 0 spiro atoms. The molecule has 0 heterocycles. The molecule has 0 amide bonds. The van der Waals surface area contributed by atoms with Crippen LogP contribution in [-0.4, -0.2) is 30.5 Å². The first-order valence-corrected chi connectivity index (χ1v) is 6.12. The summed E-state index contributed by atoms with van der Waals surface area (Å²) in [6, 6.07) is 6.20. The van der Waals surface area contributed by atoms with Crippen LogP contribution < -0.4 is 4.74 Å². The van der Waals surface area contributed by atoms with Gasteiger partial charge in [-0.1, -0.05) is 19.1 Å². The quantitative estimate of drug-likeness (QED) is 0.761. The van der Waals surface area contributed by atoms with Gasteiger partial charge >= 0.3 is 0 Å². The van der Waals surface area contributed by atoms with E-state index in [9.17, 15) is 0 Å². The van der Waals surface area contributed by atoms with Crippen molar-refractivity contribution in [2.75, 3.05) is 20.3 Å². The first-order chi connectivity index (χ1) is 8.24. The van der Waals surface area contributed by atoms with Crippen molar-refractivity contribution in [1.29, 1.82) is 0 Å². The molecule has 96 valence electrons. The number of ether oxygens (including phenoxy) is 1. The summed E-state index contributed by atoms with van der Waals surface area (Å²) < 4.78 is 5.32. The van der Waals surface area contributed by atoms with Crippen molar-refractivity contribution in [3.05, 3.63) is 29.3 Å². The average molecular weight is 238 g/mol. The molecule has 0 aliphatic rings. The van der Waals surface area contributed by atoms with Crippen LogP contribution in [0.3, 0.4) is 0 Å². The molecule has 0 saturated carbocycles. The molecule has 0 radical (unpaired) electrons. The Morgan fingerprint density at radius 2 is 1.94 bits per heavy atom. The van der Waals surface area contributed by atoms with Gasteiger partial charge < -0.3 is 14.9 Å². The molecular weight excluding hydrogens is 216 g/mol. The summed E-state index contributed by atoms with van der Waals surface area (Å²) in [7, 11) is 1.67. The minimum Gasteiger partial charge on any atom is -0.496 e. The van der Waals surface area contributed by atoms with Crippen molar-refractivity contribution in [2.45, 2.75) is 26.2 Å². The highest BCUT2D eigenvalue weighted by Crippen LogP contribution is 2.23. The number of benzene rings is 1. The number of aryl methyl sites for hydroxylation is 2. The Kier molecular flexibility index (Phi) is 6.01. The molecular formula is C14H22O3. The molecule has 0 fully saturated rings.